The Kier molecular flexibility index (Phi) is 4.93. The van der Waals surface area contributed by atoms with Crippen molar-refractivity contribution in [2.45, 2.75) is 25.2 Å². The van der Waals surface area contributed by atoms with Crippen LogP contribution in [0, 0.1) is 0 Å². The molecule has 2 N–H and O–H groups in total. The fraction of sp³-hybridized carbons (Fsp3) is 0.385. The van der Waals surface area contributed by atoms with Crippen LogP contribution >= 0.6 is 0 Å². The smallest absolute Gasteiger partial charge is 0.387 e. The van der Waals surface area contributed by atoms with Gasteiger partial charge in [-0.2, -0.15) is 13.2 Å². The molecule has 5 heteroatoms. The third-order valence-electron chi connectivity index (χ3n) is 2.61. The van der Waals surface area contributed by atoms with E-state index in [9.17, 15) is 18.3 Å². The summed E-state index contributed by atoms with van der Waals surface area (Å²) >= 11 is 0. The van der Waals surface area contributed by atoms with Crippen molar-refractivity contribution < 1.29 is 18.3 Å². The molecule has 0 aliphatic carbocycles. The van der Waals surface area contributed by atoms with E-state index >= 15 is 0 Å². The zero-order valence-electron chi connectivity index (χ0n) is 10.0. The van der Waals surface area contributed by atoms with Crippen LogP contribution < -0.4 is 5.32 Å². The topological polar surface area (TPSA) is 32.3 Å². The van der Waals surface area contributed by atoms with E-state index in [1.54, 1.807) is 6.08 Å². The van der Waals surface area contributed by atoms with Gasteiger partial charge in [0.15, 0.2) is 0 Å². The number of alkyl halides is 3. The number of hydrogen-bond acceptors (Lipinski definition) is 2. The predicted molar refractivity (Wildman–Crippen MR) is 64.1 cm³/mol. The third-order valence-corrected chi connectivity index (χ3v) is 2.61. The number of aliphatic hydroxyl groups excluding tert-OH is 1. The first-order chi connectivity index (χ1) is 8.34. The van der Waals surface area contributed by atoms with E-state index in [0.717, 1.165) is 12.1 Å². The lowest BCUT2D eigenvalue weighted by molar-refractivity contribution is -0.137. The Morgan fingerprint density at radius 2 is 1.89 bits per heavy atom. The molecule has 2 atom stereocenters. The average molecular weight is 259 g/mol. The van der Waals surface area contributed by atoms with E-state index in [4.69, 9.17) is 0 Å². The number of halogens is 3. The maximum absolute atomic E-state index is 12.3. The van der Waals surface area contributed by atoms with Crippen molar-refractivity contribution in [3.63, 3.8) is 0 Å². The first-order valence-corrected chi connectivity index (χ1v) is 5.55. The molecule has 1 rings (SSSR count). The quantitative estimate of drug-likeness (QED) is 0.797. The van der Waals surface area contributed by atoms with Crippen LogP contribution in [0.2, 0.25) is 0 Å². The summed E-state index contributed by atoms with van der Waals surface area (Å²) in [7, 11) is 0. The second-order valence-corrected chi connectivity index (χ2v) is 4.07. The van der Waals surface area contributed by atoms with E-state index in [1.165, 1.54) is 12.1 Å². The molecule has 0 aliphatic heterocycles. The van der Waals surface area contributed by atoms with Crippen molar-refractivity contribution in [1.82, 2.24) is 5.32 Å². The predicted octanol–water partition coefficient (Wildman–Crippen LogP) is 2.90. The average Bonchev–Trinajstić information content (AvgIpc) is 2.34. The van der Waals surface area contributed by atoms with Crippen LogP contribution in [0.3, 0.4) is 0 Å². The molecular formula is C13H16F3NO. The van der Waals surface area contributed by atoms with Gasteiger partial charge in [-0.05, 0) is 24.6 Å². The third kappa shape index (κ3) is 4.16. The van der Waals surface area contributed by atoms with Gasteiger partial charge in [-0.15, -0.1) is 6.58 Å². The lowest BCUT2D eigenvalue weighted by Gasteiger charge is -2.15. The lowest BCUT2D eigenvalue weighted by atomic mass is 10.1. The van der Waals surface area contributed by atoms with E-state index in [2.05, 4.69) is 11.9 Å². The molecule has 0 amide bonds. The normalized spacial score (nSPS) is 15.2. The van der Waals surface area contributed by atoms with Crippen molar-refractivity contribution in [1.29, 1.82) is 0 Å². The maximum Gasteiger partial charge on any atom is 0.416 e. The molecular weight excluding hydrogens is 243 g/mol. The summed E-state index contributed by atoms with van der Waals surface area (Å²) in [5.74, 6) is 0. The molecule has 100 valence electrons. The molecule has 0 radical (unpaired) electrons. The Morgan fingerprint density at radius 1 is 1.33 bits per heavy atom. The van der Waals surface area contributed by atoms with Crippen LogP contribution in [0.5, 0.6) is 0 Å². The molecule has 0 saturated heterocycles. The van der Waals surface area contributed by atoms with E-state index < -0.39 is 17.8 Å². The van der Waals surface area contributed by atoms with Crippen LogP contribution in [0.15, 0.2) is 36.9 Å². The Morgan fingerprint density at radius 3 is 2.33 bits per heavy atom. The minimum absolute atomic E-state index is 0.0362. The zero-order valence-corrected chi connectivity index (χ0v) is 10.0. The highest BCUT2D eigenvalue weighted by Crippen LogP contribution is 2.29. The molecule has 2 nitrogen and oxygen atoms in total. The highest BCUT2D eigenvalue weighted by Gasteiger charge is 2.30. The monoisotopic (exact) mass is 259 g/mol. The van der Waals surface area contributed by atoms with E-state index in [1.807, 2.05) is 6.92 Å². The Labute approximate surface area is 104 Å². The summed E-state index contributed by atoms with van der Waals surface area (Å²) in [5.41, 5.74) is -0.266. The maximum atomic E-state index is 12.3. The molecule has 0 fully saturated rings. The number of rotatable bonds is 5. The molecule has 0 bridgehead atoms. The van der Waals surface area contributed by atoms with Gasteiger partial charge < -0.3 is 10.4 Å². The van der Waals surface area contributed by atoms with Gasteiger partial charge in [-0.25, -0.2) is 0 Å². The molecule has 0 aromatic heterocycles. The molecule has 0 heterocycles. The second kappa shape index (κ2) is 6.02. The van der Waals surface area contributed by atoms with Crippen molar-refractivity contribution >= 4 is 0 Å². The van der Waals surface area contributed by atoms with E-state index in [0.29, 0.717) is 5.56 Å². The van der Waals surface area contributed by atoms with Gasteiger partial charge in [0.1, 0.15) is 0 Å². The van der Waals surface area contributed by atoms with Crippen LogP contribution in [0.25, 0.3) is 0 Å². The van der Waals surface area contributed by atoms with Crippen molar-refractivity contribution in [2.24, 2.45) is 0 Å². The zero-order chi connectivity index (χ0) is 13.8. The molecule has 18 heavy (non-hydrogen) atoms. The van der Waals surface area contributed by atoms with Gasteiger partial charge in [0.2, 0.25) is 0 Å². The minimum atomic E-state index is -4.35. The minimum Gasteiger partial charge on any atom is -0.387 e. The van der Waals surface area contributed by atoms with Crippen molar-refractivity contribution in [3.8, 4) is 0 Å². The fourth-order valence-corrected chi connectivity index (χ4v) is 1.39. The standard InChI is InChI=1S/C13H16F3NO/c1-3-9(2)17-8-12(18)10-4-6-11(7-5-10)13(14,15)16/h3-7,9,12,17-18H,1,8H2,2H3. The lowest BCUT2D eigenvalue weighted by Crippen LogP contribution is -2.28. The Hall–Kier alpha value is -1.33. The van der Waals surface area contributed by atoms with E-state index in [-0.39, 0.29) is 12.6 Å². The number of aliphatic hydroxyl groups is 1. The first kappa shape index (κ1) is 14.7. The SMILES string of the molecule is C=CC(C)NCC(O)c1ccc(C(F)(F)F)cc1. The van der Waals surface area contributed by atoms with Gasteiger partial charge in [0.05, 0.1) is 11.7 Å². The molecule has 2 unspecified atom stereocenters. The van der Waals surface area contributed by atoms with Crippen LogP contribution in [-0.2, 0) is 6.18 Å². The van der Waals surface area contributed by atoms with Crippen molar-refractivity contribution in [2.75, 3.05) is 6.54 Å². The second-order valence-electron chi connectivity index (χ2n) is 4.07. The van der Waals surface area contributed by atoms with Crippen LogP contribution in [0.4, 0.5) is 13.2 Å². The fourth-order valence-electron chi connectivity index (χ4n) is 1.39. The summed E-state index contributed by atoms with van der Waals surface area (Å²) in [6.45, 7) is 5.71. The molecule has 1 aromatic rings. The Balaban J connectivity index is 2.64. The molecule has 1 aromatic carbocycles. The van der Waals surface area contributed by atoms with Gasteiger partial charge in [-0.1, -0.05) is 18.2 Å². The van der Waals surface area contributed by atoms with Crippen LogP contribution in [0.1, 0.15) is 24.2 Å². The number of benzene rings is 1. The highest BCUT2D eigenvalue weighted by molar-refractivity contribution is 5.26. The molecule has 0 spiro atoms. The molecule has 0 saturated carbocycles. The number of hydrogen-bond donors (Lipinski definition) is 2. The summed E-state index contributed by atoms with van der Waals surface area (Å²) in [4.78, 5) is 0. The highest BCUT2D eigenvalue weighted by atomic mass is 19.4. The summed E-state index contributed by atoms with van der Waals surface area (Å²) in [5, 5.41) is 12.8. The van der Waals surface area contributed by atoms with Gasteiger partial charge in [-0.3, -0.25) is 0 Å². The largest absolute Gasteiger partial charge is 0.416 e. The van der Waals surface area contributed by atoms with Crippen molar-refractivity contribution in [3.05, 3.63) is 48.0 Å². The summed E-state index contributed by atoms with van der Waals surface area (Å²) in [6, 6.07) is 4.54. The first-order valence-electron chi connectivity index (χ1n) is 5.55. The van der Waals surface area contributed by atoms with Gasteiger partial charge in [0, 0.05) is 12.6 Å². The summed E-state index contributed by atoms with van der Waals surface area (Å²) < 4.78 is 37.0. The van der Waals surface area contributed by atoms with Gasteiger partial charge >= 0.3 is 6.18 Å². The van der Waals surface area contributed by atoms with Crippen LogP contribution in [-0.4, -0.2) is 17.7 Å². The van der Waals surface area contributed by atoms with Gasteiger partial charge in [0.25, 0.3) is 0 Å². The molecule has 0 aliphatic rings. The Bertz CT molecular complexity index is 386. The summed E-state index contributed by atoms with van der Waals surface area (Å²) in [6.07, 6.45) is -3.51. The number of nitrogens with one attached hydrogen (secondary N) is 1.